The van der Waals surface area contributed by atoms with Gasteiger partial charge < -0.3 is 14.2 Å². The topological polar surface area (TPSA) is 93.8 Å². The van der Waals surface area contributed by atoms with Crippen LogP contribution in [0.3, 0.4) is 0 Å². The fourth-order valence-electron chi connectivity index (χ4n) is 6.07. The quantitative estimate of drug-likeness (QED) is 0.257. The van der Waals surface area contributed by atoms with Crippen molar-refractivity contribution in [3.63, 3.8) is 0 Å². The number of methoxy groups -OCH3 is 3. The second-order valence-corrected chi connectivity index (χ2v) is 12.7. The molecular weight excluding hydrogens is 550 g/mol. The largest absolute Gasteiger partial charge is 0.493 e. The number of aromatic amines is 1. The number of hydrogen-bond donors (Lipinski definition) is 1. The Labute approximate surface area is 247 Å². The number of nitrogens with zero attached hydrogens (tertiary/aromatic N) is 2. The van der Waals surface area contributed by atoms with E-state index in [1.54, 1.807) is 33.5 Å². The van der Waals surface area contributed by atoms with Crippen molar-refractivity contribution in [2.45, 2.75) is 49.0 Å². The molecule has 1 heterocycles. The predicted octanol–water partition coefficient (Wildman–Crippen LogP) is 6.05. The van der Waals surface area contributed by atoms with E-state index < -0.39 is 15.4 Å². The molecule has 1 aromatic heterocycles. The number of ether oxygens (including phenoxy) is 3. The lowest BCUT2D eigenvalue weighted by atomic mass is 9.68. The number of benzene rings is 3. The zero-order chi connectivity index (χ0) is 29.5. The first-order valence-electron chi connectivity index (χ1n) is 14.1. The van der Waals surface area contributed by atoms with E-state index in [0.29, 0.717) is 29.5 Å². The second kappa shape index (κ2) is 10.9. The summed E-state index contributed by atoms with van der Waals surface area (Å²) in [5.41, 5.74) is 3.93. The molecule has 0 spiro atoms. The molecule has 1 fully saturated rings. The molecule has 1 atom stereocenters. The Hall–Kier alpha value is -4.24. The van der Waals surface area contributed by atoms with Crippen LogP contribution in [0.25, 0.3) is 6.08 Å². The molecule has 42 heavy (non-hydrogen) atoms. The van der Waals surface area contributed by atoms with Gasteiger partial charge in [-0.05, 0) is 49.9 Å². The van der Waals surface area contributed by atoms with Crippen LogP contribution in [0, 0.1) is 6.92 Å². The van der Waals surface area contributed by atoms with Crippen LogP contribution in [0.1, 0.15) is 47.2 Å². The molecule has 0 bridgehead atoms. The molecule has 8 nitrogen and oxygen atoms in total. The summed E-state index contributed by atoms with van der Waals surface area (Å²) < 4.78 is 46.9. The van der Waals surface area contributed by atoms with Gasteiger partial charge in [0.05, 0.1) is 26.2 Å². The highest BCUT2D eigenvalue weighted by atomic mass is 32.2. The molecule has 1 N–H and O–H groups in total. The number of anilines is 1. The van der Waals surface area contributed by atoms with Gasteiger partial charge in [0.15, 0.2) is 17.3 Å². The number of nitrogens with one attached hydrogen (secondary N) is 1. The van der Waals surface area contributed by atoms with Crippen molar-refractivity contribution in [1.29, 1.82) is 0 Å². The molecule has 1 saturated carbocycles. The number of rotatable bonds is 9. The SMILES string of the molecule is COc1ccc(C2(c3ccccc3)C=Cc3c(N(C4CCC4)S(=O)(=O)c4ccc(C)cc4)n[nH]c3C2)c(OC)c1OC. The van der Waals surface area contributed by atoms with Gasteiger partial charge >= 0.3 is 0 Å². The summed E-state index contributed by atoms with van der Waals surface area (Å²) in [6, 6.07) is 21.0. The summed E-state index contributed by atoms with van der Waals surface area (Å²) >= 11 is 0. The number of H-pyrrole nitrogens is 1. The average molecular weight is 586 g/mol. The third-order valence-corrected chi connectivity index (χ3v) is 10.4. The molecule has 2 aliphatic rings. The van der Waals surface area contributed by atoms with Crippen LogP contribution in [0.5, 0.6) is 17.2 Å². The van der Waals surface area contributed by atoms with Crippen molar-refractivity contribution < 1.29 is 22.6 Å². The van der Waals surface area contributed by atoms with Gasteiger partial charge in [0.1, 0.15) is 0 Å². The molecule has 2 aliphatic carbocycles. The summed E-state index contributed by atoms with van der Waals surface area (Å²) in [5.74, 6) is 2.10. The van der Waals surface area contributed by atoms with Crippen LogP contribution in [0.2, 0.25) is 0 Å². The minimum atomic E-state index is -3.83. The number of aryl methyl sites for hydroxylation is 1. The number of aromatic nitrogens is 2. The minimum absolute atomic E-state index is 0.135. The number of fused-ring (bicyclic) bond motifs is 1. The van der Waals surface area contributed by atoms with E-state index in [0.717, 1.165) is 47.2 Å². The van der Waals surface area contributed by atoms with E-state index in [9.17, 15) is 8.42 Å². The lowest BCUT2D eigenvalue weighted by Crippen LogP contribution is -2.45. The molecule has 218 valence electrons. The fraction of sp³-hybridized carbons (Fsp3) is 0.303. The predicted molar refractivity (Wildman–Crippen MR) is 163 cm³/mol. The van der Waals surface area contributed by atoms with Gasteiger partial charge in [-0.25, -0.2) is 12.7 Å². The minimum Gasteiger partial charge on any atom is -0.493 e. The fourth-order valence-corrected chi connectivity index (χ4v) is 7.75. The molecule has 0 amide bonds. The molecular formula is C33H35N3O5S. The third-order valence-electron chi connectivity index (χ3n) is 8.52. The molecule has 3 aromatic carbocycles. The average Bonchev–Trinajstić information content (AvgIpc) is 3.40. The molecule has 4 aromatic rings. The smallest absolute Gasteiger partial charge is 0.265 e. The normalized spacial score (nSPS) is 18.2. The maximum absolute atomic E-state index is 14.1. The van der Waals surface area contributed by atoms with E-state index in [1.807, 2.05) is 55.5 Å². The van der Waals surface area contributed by atoms with Crippen molar-refractivity contribution >= 4 is 21.9 Å². The first-order valence-corrected chi connectivity index (χ1v) is 15.5. The lowest BCUT2D eigenvalue weighted by Gasteiger charge is -2.38. The van der Waals surface area contributed by atoms with Crippen LogP contribution in [-0.4, -0.2) is 46.0 Å². The van der Waals surface area contributed by atoms with Crippen LogP contribution >= 0.6 is 0 Å². The molecule has 6 rings (SSSR count). The van der Waals surface area contributed by atoms with E-state index in [2.05, 4.69) is 28.4 Å². The zero-order valence-corrected chi connectivity index (χ0v) is 25.1. The number of allylic oxidation sites excluding steroid dienone is 1. The van der Waals surface area contributed by atoms with Crippen LogP contribution in [0.4, 0.5) is 5.82 Å². The van der Waals surface area contributed by atoms with Gasteiger partial charge in [0.25, 0.3) is 10.0 Å². The van der Waals surface area contributed by atoms with Crippen molar-refractivity contribution in [1.82, 2.24) is 10.2 Å². The Morgan fingerprint density at radius 3 is 2.24 bits per heavy atom. The maximum atomic E-state index is 14.1. The number of sulfonamides is 1. The highest BCUT2D eigenvalue weighted by molar-refractivity contribution is 7.92. The Morgan fingerprint density at radius 2 is 1.62 bits per heavy atom. The number of hydrogen-bond acceptors (Lipinski definition) is 6. The maximum Gasteiger partial charge on any atom is 0.265 e. The van der Waals surface area contributed by atoms with Crippen molar-refractivity contribution in [2.75, 3.05) is 25.6 Å². The molecule has 0 saturated heterocycles. The molecule has 0 aliphatic heterocycles. The molecule has 1 unspecified atom stereocenters. The Kier molecular flexibility index (Phi) is 7.22. The van der Waals surface area contributed by atoms with Crippen molar-refractivity contribution in [3.05, 3.63) is 101 Å². The van der Waals surface area contributed by atoms with E-state index in [-0.39, 0.29) is 10.9 Å². The summed E-state index contributed by atoms with van der Waals surface area (Å²) in [6.45, 7) is 1.95. The first kappa shape index (κ1) is 27.9. The Morgan fingerprint density at radius 1 is 0.905 bits per heavy atom. The lowest BCUT2D eigenvalue weighted by molar-refractivity contribution is 0.319. The van der Waals surface area contributed by atoms with Gasteiger partial charge in [0, 0.05) is 34.7 Å². The van der Waals surface area contributed by atoms with Crippen LogP contribution < -0.4 is 18.5 Å². The van der Waals surface area contributed by atoms with Crippen molar-refractivity contribution in [3.8, 4) is 17.2 Å². The van der Waals surface area contributed by atoms with E-state index in [1.165, 1.54) is 4.31 Å². The summed E-state index contributed by atoms with van der Waals surface area (Å²) in [5, 5.41) is 7.88. The van der Waals surface area contributed by atoms with Crippen molar-refractivity contribution in [2.24, 2.45) is 0 Å². The van der Waals surface area contributed by atoms with E-state index in [4.69, 9.17) is 14.2 Å². The molecule has 9 heteroatoms. The van der Waals surface area contributed by atoms with Gasteiger partial charge in [0.2, 0.25) is 5.75 Å². The summed E-state index contributed by atoms with van der Waals surface area (Å²) in [4.78, 5) is 0.269. The summed E-state index contributed by atoms with van der Waals surface area (Å²) in [6.07, 6.45) is 7.22. The summed E-state index contributed by atoms with van der Waals surface area (Å²) in [7, 11) is 0.990. The standard InChI is InChI=1S/C33H35N3O5S/c1-22-13-15-25(16-14-22)42(37,38)36(24-11-8-12-24)32-26-19-20-33(21-28(26)34-35-32,23-9-6-5-7-10-23)27-17-18-29(39-2)31(41-4)30(27)40-3/h5-7,9-10,13-20,24H,8,11-12,21H2,1-4H3,(H,34,35). The van der Waals surface area contributed by atoms with E-state index >= 15 is 0 Å². The Bertz CT molecular complexity index is 1730. The third kappa shape index (κ3) is 4.43. The molecule has 0 radical (unpaired) electrons. The van der Waals surface area contributed by atoms with Crippen LogP contribution in [-0.2, 0) is 21.9 Å². The highest BCUT2D eigenvalue weighted by Crippen LogP contribution is 2.51. The van der Waals surface area contributed by atoms with Gasteiger partial charge in [-0.2, -0.15) is 5.10 Å². The Balaban J connectivity index is 1.50. The van der Waals surface area contributed by atoms with Crippen LogP contribution in [0.15, 0.2) is 77.7 Å². The zero-order valence-electron chi connectivity index (χ0n) is 24.3. The van der Waals surface area contributed by atoms with Gasteiger partial charge in [-0.15, -0.1) is 0 Å². The van der Waals surface area contributed by atoms with Gasteiger partial charge in [-0.1, -0.05) is 66.2 Å². The monoisotopic (exact) mass is 585 g/mol. The first-order chi connectivity index (χ1) is 20.3. The highest BCUT2D eigenvalue weighted by Gasteiger charge is 2.43. The van der Waals surface area contributed by atoms with Gasteiger partial charge in [-0.3, -0.25) is 5.10 Å². The second-order valence-electron chi connectivity index (χ2n) is 10.9.